The lowest BCUT2D eigenvalue weighted by atomic mass is 10.0. The van der Waals surface area contributed by atoms with E-state index in [9.17, 15) is 10.2 Å². The maximum absolute atomic E-state index is 9.42. The molecule has 64 valence electrons. The number of aliphatic hydroxyl groups excluding tert-OH is 2. The van der Waals surface area contributed by atoms with Gasteiger partial charge in [0.05, 0.1) is 12.2 Å². The molecule has 0 aromatic heterocycles. The van der Waals surface area contributed by atoms with Gasteiger partial charge in [-0.1, -0.05) is 5.57 Å². The second-order valence-corrected chi connectivity index (χ2v) is 3.56. The minimum Gasteiger partial charge on any atom is -0.390 e. The average molecular weight is 156 g/mol. The summed E-state index contributed by atoms with van der Waals surface area (Å²) < 4.78 is 0. The summed E-state index contributed by atoms with van der Waals surface area (Å²) in [5.74, 6) is 0.351. The standard InChI is InChI=1S/C9H16O2/c1-6(2)5-8(10)9(11)7-3-4-7/h7-11H,1,3-5H2,2H3. The molecule has 2 heteroatoms. The SMILES string of the molecule is C=C(C)CC(O)C(O)C1CC1. The molecule has 1 saturated carbocycles. The van der Waals surface area contributed by atoms with Gasteiger partial charge in [-0.15, -0.1) is 6.58 Å². The first-order chi connectivity index (χ1) is 5.11. The highest BCUT2D eigenvalue weighted by Crippen LogP contribution is 2.34. The first-order valence-electron chi connectivity index (χ1n) is 4.11. The van der Waals surface area contributed by atoms with Crippen molar-refractivity contribution in [3.05, 3.63) is 12.2 Å². The second kappa shape index (κ2) is 3.37. The second-order valence-electron chi connectivity index (χ2n) is 3.56. The van der Waals surface area contributed by atoms with Gasteiger partial charge in [-0.3, -0.25) is 0 Å². The van der Waals surface area contributed by atoms with Crippen LogP contribution < -0.4 is 0 Å². The van der Waals surface area contributed by atoms with Crippen LogP contribution in [0, 0.1) is 5.92 Å². The van der Waals surface area contributed by atoms with E-state index in [0.717, 1.165) is 18.4 Å². The molecule has 2 N–H and O–H groups in total. The molecular formula is C9H16O2. The molecule has 0 heterocycles. The van der Waals surface area contributed by atoms with E-state index in [1.165, 1.54) is 0 Å². The van der Waals surface area contributed by atoms with E-state index >= 15 is 0 Å². The molecule has 11 heavy (non-hydrogen) atoms. The van der Waals surface area contributed by atoms with Crippen LogP contribution in [-0.4, -0.2) is 22.4 Å². The van der Waals surface area contributed by atoms with Crippen LogP contribution in [0.25, 0.3) is 0 Å². The van der Waals surface area contributed by atoms with Gasteiger partial charge in [0.15, 0.2) is 0 Å². The van der Waals surface area contributed by atoms with E-state index in [4.69, 9.17) is 0 Å². The van der Waals surface area contributed by atoms with Gasteiger partial charge in [-0.2, -0.15) is 0 Å². The fourth-order valence-corrected chi connectivity index (χ4v) is 1.23. The molecular weight excluding hydrogens is 140 g/mol. The predicted molar refractivity (Wildman–Crippen MR) is 44.2 cm³/mol. The lowest BCUT2D eigenvalue weighted by Gasteiger charge is -2.16. The van der Waals surface area contributed by atoms with E-state index in [1.807, 2.05) is 6.92 Å². The average Bonchev–Trinajstić information content (AvgIpc) is 2.65. The Morgan fingerprint density at radius 3 is 2.45 bits per heavy atom. The quantitative estimate of drug-likeness (QED) is 0.598. The Kier molecular flexibility index (Phi) is 2.68. The van der Waals surface area contributed by atoms with Crippen molar-refractivity contribution >= 4 is 0 Å². The fraction of sp³-hybridized carbons (Fsp3) is 0.778. The lowest BCUT2D eigenvalue weighted by molar-refractivity contribution is 0.00684. The molecule has 2 nitrogen and oxygen atoms in total. The van der Waals surface area contributed by atoms with Crippen molar-refractivity contribution in [3.63, 3.8) is 0 Å². The molecule has 0 spiro atoms. The molecule has 2 atom stereocenters. The summed E-state index contributed by atoms with van der Waals surface area (Å²) in [7, 11) is 0. The topological polar surface area (TPSA) is 40.5 Å². The number of rotatable bonds is 4. The molecule has 0 bridgehead atoms. The smallest absolute Gasteiger partial charge is 0.0838 e. The summed E-state index contributed by atoms with van der Waals surface area (Å²) >= 11 is 0. The maximum Gasteiger partial charge on any atom is 0.0838 e. The van der Waals surface area contributed by atoms with Crippen molar-refractivity contribution in [2.24, 2.45) is 5.92 Å². The molecule has 0 amide bonds. The van der Waals surface area contributed by atoms with Crippen molar-refractivity contribution < 1.29 is 10.2 Å². The highest BCUT2D eigenvalue weighted by Gasteiger charge is 2.34. The summed E-state index contributed by atoms with van der Waals surface area (Å²) in [6.07, 6.45) is 1.53. The third kappa shape index (κ3) is 2.64. The van der Waals surface area contributed by atoms with Gasteiger partial charge >= 0.3 is 0 Å². The number of hydrogen-bond donors (Lipinski definition) is 2. The normalized spacial score (nSPS) is 22.8. The molecule has 0 aromatic rings. The van der Waals surface area contributed by atoms with E-state index in [-0.39, 0.29) is 0 Å². The van der Waals surface area contributed by atoms with E-state index < -0.39 is 12.2 Å². The van der Waals surface area contributed by atoms with Gasteiger partial charge in [0.25, 0.3) is 0 Å². The summed E-state index contributed by atoms with van der Waals surface area (Å²) in [5, 5.41) is 18.8. The van der Waals surface area contributed by atoms with Crippen LogP contribution in [0.2, 0.25) is 0 Å². The molecule has 0 saturated heterocycles. The minimum atomic E-state index is -0.597. The summed E-state index contributed by atoms with van der Waals surface area (Å²) in [4.78, 5) is 0. The number of hydrogen-bond acceptors (Lipinski definition) is 2. The molecule has 0 aliphatic heterocycles. The monoisotopic (exact) mass is 156 g/mol. The van der Waals surface area contributed by atoms with Crippen molar-refractivity contribution in [2.75, 3.05) is 0 Å². The largest absolute Gasteiger partial charge is 0.390 e. The van der Waals surface area contributed by atoms with Crippen molar-refractivity contribution in [2.45, 2.75) is 38.4 Å². The van der Waals surface area contributed by atoms with Crippen molar-refractivity contribution in [1.29, 1.82) is 0 Å². The lowest BCUT2D eigenvalue weighted by Crippen LogP contribution is -2.27. The van der Waals surface area contributed by atoms with Crippen molar-refractivity contribution in [1.82, 2.24) is 0 Å². The molecule has 1 fully saturated rings. The predicted octanol–water partition coefficient (Wildman–Crippen LogP) is 1.08. The zero-order chi connectivity index (χ0) is 8.43. The van der Waals surface area contributed by atoms with Gasteiger partial charge < -0.3 is 10.2 Å². The van der Waals surface area contributed by atoms with Gasteiger partial charge in [-0.05, 0) is 32.1 Å². The molecule has 1 rings (SSSR count). The van der Waals surface area contributed by atoms with Crippen LogP contribution in [0.15, 0.2) is 12.2 Å². The zero-order valence-electron chi connectivity index (χ0n) is 6.95. The summed E-state index contributed by atoms with van der Waals surface area (Å²) in [6, 6.07) is 0. The summed E-state index contributed by atoms with van der Waals surface area (Å²) in [5.41, 5.74) is 0.928. The molecule has 0 aromatic carbocycles. The fourth-order valence-electron chi connectivity index (χ4n) is 1.23. The minimum absolute atomic E-state index is 0.351. The Hall–Kier alpha value is -0.340. The summed E-state index contributed by atoms with van der Waals surface area (Å²) in [6.45, 7) is 5.55. The molecule has 2 unspecified atom stereocenters. The Labute approximate surface area is 67.6 Å². The van der Waals surface area contributed by atoms with Crippen LogP contribution in [0.5, 0.6) is 0 Å². The third-order valence-corrected chi connectivity index (χ3v) is 2.06. The Bertz CT molecular complexity index is 150. The highest BCUT2D eigenvalue weighted by atomic mass is 16.3. The van der Waals surface area contributed by atoms with Crippen molar-refractivity contribution in [3.8, 4) is 0 Å². The highest BCUT2D eigenvalue weighted by molar-refractivity contribution is 4.95. The molecule has 1 aliphatic carbocycles. The third-order valence-electron chi connectivity index (χ3n) is 2.06. The van der Waals surface area contributed by atoms with E-state index in [2.05, 4.69) is 6.58 Å². The Balaban J connectivity index is 2.26. The van der Waals surface area contributed by atoms with Crippen LogP contribution >= 0.6 is 0 Å². The van der Waals surface area contributed by atoms with Crippen LogP contribution in [-0.2, 0) is 0 Å². The molecule has 0 radical (unpaired) electrons. The van der Waals surface area contributed by atoms with Gasteiger partial charge in [0.2, 0.25) is 0 Å². The first kappa shape index (κ1) is 8.75. The van der Waals surface area contributed by atoms with E-state index in [0.29, 0.717) is 12.3 Å². The van der Waals surface area contributed by atoms with Gasteiger partial charge in [-0.25, -0.2) is 0 Å². The maximum atomic E-state index is 9.42. The Morgan fingerprint density at radius 1 is 1.55 bits per heavy atom. The van der Waals surface area contributed by atoms with E-state index in [1.54, 1.807) is 0 Å². The van der Waals surface area contributed by atoms with Gasteiger partial charge in [0, 0.05) is 0 Å². The zero-order valence-corrected chi connectivity index (χ0v) is 6.95. The first-order valence-corrected chi connectivity index (χ1v) is 4.11. The Morgan fingerprint density at radius 2 is 2.09 bits per heavy atom. The van der Waals surface area contributed by atoms with Crippen LogP contribution in [0.3, 0.4) is 0 Å². The number of aliphatic hydroxyl groups is 2. The van der Waals surface area contributed by atoms with Crippen LogP contribution in [0.4, 0.5) is 0 Å². The van der Waals surface area contributed by atoms with Gasteiger partial charge in [0.1, 0.15) is 0 Å². The van der Waals surface area contributed by atoms with Crippen LogP contribution in [0.1, 0.15) is 26.2 Å². The molecule has 1 aliphatic rings.